The number of carbonyl (C=O) groups excluding carboxylic acids is 1. The van der Waals surface area contributed by atoms with Gasteiger partial charge in [-0.3, -0.25) is 4.79 Å². The summed E-state index contributed by atoms with van der Waals surface area (Å²) in [5.41, 5.74) is 2.08. The summed E-state index contributed by atoms with van der Waals surface area (Å²) >= 11 is 0. The molecule has 22 heavy (non-hydrogen) atoms. The molecular weight excluding hydrogens is 294 g/mol. The van der Waals surface area contributed by atoms with Crippen molar-refractivity contribution in [3.8, 4) is 0 Å². The van der Waals surface area contributed by atoms with Gasteiger partial charge in [0, 0.05) is 12.2 Å². The molecule has 1 aromatic carbocycles. The van der Waals surface area contributed by atoms with E-state index in [2.05, 4.69) is 33.9 Å². The molecule has 5 heteroatoms. The summed E-state index contributed by atoms with van der Waals surface area (Å²) < 4.78 is 11.4. The molecule has 0 unspecified atom stereocenters. The van der Waals surface area contributed by atoms with Crippen LogP contribution in [0.25, 0.3) is 0 Å². The molecule has 1 aromatic rings. The van der Waals surface area contributed by atoms with E-state index in [-0.39, 0.29) is 17.6 Å². The third-order valence-corrected chi connectivity index (χ3v) is 9.12. The van der Waals surface area contributed by atoms with Crippen molar-refractivity contribution in [3.63, 3.8) is 0 Å². The lowest BCUT2D eigenvalue weighted by Gasteiger charge is -2.36. The van der Waals surface area contributed by atoms with Gasteiger partial charge in [0.2, 0.25) is 0 Å². The number of morpholine rings is 1. The van der Waals surface area contributed by atoms with Crippen molar-refractivity contribution < 1.29 is 14.0 Å². The van der Waals surface area contributed by atoms with E-state index in [1.54, 1.807) is 4.90 Å². The molecule has 1 aliphatic rings. The van der Waals surface area contributed by atoms with Gasteiger partial charge in [-0.2, -0.15) is 0 Å². The molecule has 1 amide bonds. The second-order valence-corrected chi connectivity index (χ2v) is 12.1. The van der Waals surface area contributed by atoms with E-state index >= 15 is 0 Å². The predicted molar refractivity (Wildman–Crippen MR) is 91.6 cm³/mol. The highest BCUT2D eigenvalue weighted by Crippen LogP contribution is 2.37. The maximum Gasteiger partial charge on any atom is 0.253 e. The Kier molecular flexibility index (Phi) is 5.09. The maximum absolute atomic E-state index is 11.8. The van der Waals surface area contributed by atoms with Crippen LogP contribution in [0.4, 0.5) is 5.69 Å². The van der Waals surface area contributed by atoms with Gasteiger partial charge in [0.05, 0.1) is 13.2 Å². The van der Waals surface area contributed by atoms with Crippen molar-refractivity contribution in [3.05, 3.63) is 29.8 Å². The highest BCUT2D eigenvalue weighted by molar-refractivity contribution is 6.74. The van der Waals surface area contributed by atoms with Crippen LogP contribution in [-0.4, -0.2) is 34.0 Å². The Morgan fingerprint density at radius 3 is 2.41 bits per heavy atom. The lowest BCUT2D eigenvalue weighted by Crippen LogP contribution is -2.41. The fourth-order valence-corrected chi connectivity index (χ4v) is 3.00. The van der Waals surface area contributed by atoms with E-state index < -0.39 is 8.32 Å². The second kappa shape index (κ2) is 6.52. The SMILES string of the molecule is CC(C)(C)[Si](C)(C)OCc1ccc(N2CCOCC2=O)cc1. The molecule has 0 spiro atoms. The summed E-state index contributed by atoms with van der Waals surface area (Å²) in [7, 11) is -1.73. The minimum Gasteiger partial charge on any atom is -0.413 e. The summed E-state index contributed by atoms with van der Waals surface area (Å²) in [6.45, 7) is 13.3. The Hall–Kier alpha value is -1.17. The molecular formula is C17H27NO3Si. The number of ether oxygens (including phenoxy) is 1. The average molecular weight is 321 g/mol. The first kappa shape index (κ1) is 17.2. The second-order valence-electron chi connectivity index (χ2n) is 7.31. The number of rotatable bonds is 4. The summed E-state index contributed by atoms with van der Waals surface area (Å²) in [5.74, 6) is 0.0246. The number of hydrogen-bond acceptors (Lipinski definition) is 3. The van der Waals surface area contributed by atoms with Crippen molar-refractivity contribution >= 4 is 19.9 Å². The van der Waals surface area contributed by atoms with Crippen molar-refractivity contribution in [2.24, 2.45) is 0 Å². The number of benzene rings is 1. The van der Waals surface area contributed by atoms with Gasteiger partial charge in [-0.15, -0.1) is 0 Å². The molecule has 0 aromatic heterocycles. The van der Waals surface area contributed by atoms with E-state index in [1.807, 2.05) is 24.3 Å². The lowest BCUT2D eigenvalue weighted by atomic mass is 10.2. The van der Waals surface area contributed by atoms with Crippen LogP contribution in [0.1, 0.15) is 26.3 Å². The number of hydrogen-bond donors (Lipinski definition) is 0. The fraction of sp³-hybridized carbons (Fsp3) is 0.588. The zero-order chi connectivity index (χ0) is 16.4. The molecule has 0 atom stereocenters. The molecule has 2 rings (SSSR count). The van der Waals surface area contributed by atoms with E-state index in [0.29, 0.717) is 19.8 Å². The van der Waals surface area contributed by atoms with E-state index in [1.165, 1.54) is 0 Å². The van der Waals surface area contributed by atoms with Crippen LogP contribution < -0.4 is 4.90 Å². The first-order valence-electron chi connectivity index (χ1n) is 7.82. The lowest BCUT2D eigenvalue weighted by molar-refractivity contribution is -0.125. The quantitative estimate of drug-likeness (QED) is 0.796. The van der Waals surface area contributed by atoms with Gasteiger partial charge in [-0.25, -0.2) is 0 Å². The monoisotopic (exact) mass is 321 g/mol. The largest absolute Gasteiger partial charge is 0.413 e. The average Bonchev–Trinajstić information content (AvgIpc) is 2.45. The zero-order valence-electron chi connectivity index (χ0n) is 14.3. The van der Waals surface area contributed by atoms with Crippen LogP contribution >= 0.6 is 0 Å². The molecule has 4 nitrogen and oxygen atoms in total. The van der Waals surface area contributed by atoms with Crippen LogP contribution in [0.3, 0.4) is 0 Å². The molecule has 0 aliphatic carbocycles. The molecule has 0 radical (unpaired) electrons. The Labute approximate surface area is 134 Å². The van der Waals surface area contributed by atoms with Gasteiger partial charge in [-0.1, -0.05) is 32.9 Å². The summed E-state index contributed by atoms with van der Waals surface area (Å²) in [5, 5.41) is 0.215. The van der Waals surface area contributed by atoms with E-state index in [0.717, 1.165) is 11.3 Å². The topological polar surface area (TPSA) is 38.8 Å². The molecule has 122 valence electrons. The summed E-state index contributed by atoms with van der Waals surface area (Å²) in [4.78, 5) is 13.6. The first-order chi connectivity index (χ1) is 10.2. The number of anilines is 1. The zero-order valence-corrected chi connectivity index (χ0v) is 15.3. The standard InChI is InChI=1S/C17H27NO3Si/c1-17(2,3)22(4,5)21-12-14-6-8-15(9-7-14)18-10-11-20-13-16(18)19/h6-9H,10-13H2,1-5H3. The van der Waals surface area contributed by atoms with Crippen LogP contribution in [0, 0.1) is 0 Å². The van der Waals surface area contributed by atoms with Crippen molar-refractivity contribution in [1.29, 1.82) is 0 Å². The van der Waals surface area contributed by atoms with Crippen LogP contribution in [0.15, 0.2) is 24.3 Å². The maximum atomic E-state index is 11.8. The van der Waals surface area contributed by atoms with Gasteiger partial charge in [0.25, 0.3) is 5.91 Å². The summed E-state index contributed by atoms with van der Waals surface area (Å²) in [6, 6.07) is 8.08. The normalized spacial score (nSPS) is 17.0. The van der Waals surface area contributed by atoms with Gasteiger partial charge < -0.3 is 14.1 Å². The molecule has 1 saturated heterocycles. The van der Waals surface area contributed by atoms with Crippen LogP contribution in [0.5, 0.6) is 0 Å². The Morgan fingerprint density at radius 2 is 1.86 bits per heavy atom. The Bertz CT molecular complexity index is 520. The number of nitrogens with zero attached hydrogens (tertiary/aromatic N) is 1. The highest BCUT2D eigenvalue weighted by Gasteiger charge is 2.37. The van der Waals surface area contributed by atoms with Crippen LogP contribution in [0.2, 0.25) is 18.1 Å². The smallest absolute Gasteiger partial charge is 0.253 e. The Balaban J connectivity index is 1.99. The molecule has 0 N–H and O–H groups in total. The summed E-state index contributed by atoms with van der Waals surface area (Å²) in [6.07, 6.45) is 0. The van der Waals surface area contributed by atoms with E-state index in [9.17, 15) is 4.79 Å². The van der Waals surface area contributed by atoms with E-state index in [4.69, 9.17) is 9.16 Å². The highest BCUT2D eigenvalue weighted by atomic mass is 28.4. The fourth-order valence-electron chi connectivity index (χ4n) is 2.04. The molecule has 1 heterocycles. The van der Waals surface area contributed by atoms with Crippen molar-refractivity contribution in [2.45, 2.75) is 45.5 Å². The van der Waals surface area contributed by atoms with Gasteiger partial charge >= 0.3 is 0 Å². The van der Waals surface area contributed by atoms with Crippen molar-refractivity contribution in [1.82, 2.24) is 0 Å². The molecule has 0 saturated carbocycles. The van der Waals surface area contributed by atoms with Crippen LogP contribution in [-0.2, 0) is 20.6 Å². The third-order valence-electron chi connectivity index (χ3n) is 4.64. The molecule has 1 fully saturated rings. The third kappa shape index (κ3) is 3.97. The predicted octanol–water partition coefficient (Wildman–Crippen LogP) is 3.57. The van der Waals surface area contributed by atoms with Gasteiger partial charge in [0.15, 0.2) is 8.32 Å². The van der Waals surface area contributed by atoms with Crippen molar-refractivity contribution in [2.75, 3.05) is 24.7 Å². The molecule has 1 aliphatic heterocycles. The Morgan fingerprint density at radius 1 is 1.23 bits per heavy atom. The number of amides is 1. The molecule has 0 bridgehead atoms. The first-order valence-corrected chi connectivity index (χ1v) is 10.7. The van der Waals surface area contributed by atoms with Gasteiger partial charge in [-0.05, 0) is 35.8 Å². The number of carbonyl (C=O) groups is 1. The minimum absolute atomic E-state index is 0.0246. The van der Waals surface area contributed by atoms with Gasteiger partial charge in [0.1, 0.15) is 6.61 Å². The minimum atomic E-state index is -1.73.